The minimum absolute atomic E-state index is 0.0782. The van der Waals surface area contributed by atoms with Crippen molar-refractivity contribution in [1.29, 1.82) is 0 Å². The molecule has 1 amide bonds. The summed E-state index contributed by atoms with van der Waals surface area (Å²) >= 11 is 5.69. The zero-order valence-corrected chi connectivity index (χ0v) is 18.4. The third-order valence-electron chi connectivity index (χ3n) is 4.95. The summed E-state index contributed by atoms with van der Waals surface area (Å²) < 4.78 is 51.1. The first-order chi connectivity index (χ1) is 15.1. The van der Waals surface area contributed by atoms with Crippen molar-refractivity contribution in [3.8, 4) is 11.5 Å². The zero-order chi connectivity index (χ0) is 23.5. The van der Waals surface area contributed by atoms with E-state index in [1.54, 1.807) is 6.07 Å². The fourth-order valence-electron chi connectivity index (χ4n) is 3.05. The first-order valence-corrected chi connectivity index (χ1v) is 10.0. The number of hydrogen-bond acceptors (Lipinski definition) is 3. The molecule has 0 aromatic heterocycles. The van der Waals surface area contributed by atoms with Gasteiger partial charge in [0.25, 0.3) is 5.91 Å². The fraction of sp³-hybridized carbons (Fsp3) is 0.208. The number of aryl methyl sites for hydroxylation is 2. The number of methoxy groups -OCH3 is 1. The number of nitrogens with one attached hydrogen (secondary N) is 1. The molecule has 0 aliphatic rings. The number of rotatable bonds is 6. The van der Waals surface area contributed by atoms with Crippen molar-refractivity contribution in [2.24, 2.45) is 0 Å². The van der Waals surface area contributed by atoms with Gasteiger partial charge in [0.1, 0.15) is 18.1 Å². The van der Waals surface area contributed by atoms with Gasteiger partial charge in [0.05, 0.1) is 18.4 Å². The summed E-state index contributed by atoms with van der Waals surface area (Å²) in [4.78, 5) is 12.7. The molecular formula is C24H21ClF3NO3. The molecule has 168 valence electrons. The van der Waals surface area contributed by atoms with E-state index in [-0.39, 0.29) is 22.9 Å². The summed E-state index contributed by atoms with van der Waals surface area (Å²) in [6.07, 6.45) is -4.67. The molecule has 3 aromatic carbocycles. The van der Waals surface area contributed by atoms with Crippen LogP contribution in [0.1, 0.15) is 32.6 Å². The van der Waals surface area contributed by atoms with Gasteiger partial charge in [-0.05, 0) is 73.5 Å². The normalized spacial score (nSPS) is 11.2. The Balaban J connectivity index is 1.83. The van der Waals surface area contributed by atoms with E-state index in [4.69, 9.17) is 21.1 Å². The summed E-state index contributed by atoms with van der Waals surface area (Å²) in [6, 6.07) is 13.4. The van der Waals surface area contributed by atoms with Gasteiger partial charge in [0.15, 0.2) is 0 Å². The average Bonchev–Trinajstić information content (AvgIpc) is 2.74. The number of halogens is 4. The summed E-state index contributed by atoms with van der Waals surface area (Å²) in [5, 5.41) is 2.24. The molecule has 4 nitrogen and oxygen atoms in total. The van der Waals surface area contributed by atoms with Crippen molar-refractivity contribution in [2.75, 3.05) is 12.4 Å². The first-order valence-electron chi connectivity index (χ1n) is 9.63. The molecule has 0 bridgehead atoms. The van der Waals surface area contributed by atoms with E-state index < -0.39 is 17.6 Å². The summed E-state index contributed by atoms with van der Waals surface area (Å²) in [7, 11) is 1.48. The lowest BCUT2D eigenvalue weighted by molar-refractivity contribution is -0.136. The Kier molecular flexibility index (Phi) is 6.99. The predicted molar refractivity (Wildman–Crippen MR) is 118 cm³/mol. The van der Waals surface area contributed by atoms with Crippen LogP contribution < -0.4 is 14.8 Å². The Bertz CT molecular complexity index is 1150. The average molecular weight is 464 g/mol. The van der Waals surface area contributed by atoms with Crippen molar-refractivity contribution in [2.45, 2.75) is 26.6 Å². The molecule has 0 unspecified atom stereocenters. The molecule has 0 saturated carbocycles. The second kappa shape index (κ2) is 9.53. The number of ether oxygens (including phenoxy) is 2. The molecular weight excluding hydrogens is 443 g/mol. The number of carbonyl (C=O) groups excluding carboxylic acids is 1. The molecule has 0 heterocycles. The lowest BCUT2D eigenvalue weighted by atomic mass is 10.1. The Morgan fingerprint density at radius 3 is 2.41 bits per heavy atom. The second-order valence-electron chi connectivity index (χ2n) is 7.20. The Morgan fingerprint density at radius 1 is 1.00 bits per heavy atom. The van der Waals surface area contributed by atoms with Crippen molar-refractivity contribution in [1.82, 2.24) is 0 Å². The topological polar surface area (TPSA) is 47.6 Å². The number of amides is 1. The van der Waals surface area contributed by atoms with E-state index in [1.807, 2.05) is 32.0 Å². The number of benzene rings is 3. The van der Waals surface area contributed by atoms with Crippen LogP contribution >= 0.6 is 11.6 Å². The van der Waals surface area contributed by atoms with Crippen LogP contribution in [-0.4, -0.2) is 13.0 Å². The van der Waals surface area contributed by atoms with Crippen LogP contribution in [0.3, 0.4) is 0 Å². The molecule has 0 atom stereocenters. The van der Waals surface area contributed by atoms with Crippen LogP contribution in [0.4, 0.5) is 18.9 Å². The van der Waals surface area contributed by atoms with Crippen LogP contribution in [0.5, 0.6) is 11.5 Å². The van der Waals surface area contributed by atoms with Gasteiger partial charge in [-0.15, -0.1) is 0 Å². The molecule has 0 radical (unpaired) electrons. The third-order valence-corrected chi connectivity index (χ3v) is 5.19. The monoisotopic (exact) mass is 463 g/mol. The van der Waals surface area contributed by atoms with E-state index in [9.17, 15) is 18.0 Å². The van der Waals surface area contributed by atoms with E-state index >= 15 is 0 Å². The van der Waals surface area contributed by atoms with Gasteiger partial charge in [0, 0.05) is 16.1 Å². The molecule has 0 aliphatic carbocycles. The largest absolute Gasteiger partial charge is 0.496 e. The highest BCUT2D eigenvalue weighted by Gasteiger charge is 2.34. The minimum Gasteiger partial charge on any atom is -0.496 e. The summed E-state index contributed by atoms with van der Waals surface area (Å²) in [5.41, 5.74) is 1.54. The van der Waals surface area contributed by atoms with Gasteiger partial charge in [-0.3, -0.25) is 4.79 Å². The van der Waals surface area contributed by atoms with Gasteiger partial charge in [-0.2, -0.15) is 13.2 Å². The van der Waals surface area contributed by atoms with E-state index in [0.29, 0.717) is 17.1 Å². The van der Waals surface area contributed by atoms with Crippen LogP contribution in [0, 0.1) is 13.8 Å². The smallest absolute Gasteiger partial charge is 0.418 e. The van der Waals surface area contributed by atoms with Gasteiger partial charge in [0.2, 0.25) is 0 Å². The van der Waals surface area contributed by atoms with Gasteiger partial charge in [-0.25, -0.2) is 0 Å². The molecule has 3 aromatic rings. The van der Waals surface area contributed by atoms with Crippen LogP contribution in [-0.2, 0) is 12.8 Å². The number of alkyl halides is 3. The highest BCUT2D eigenvalue weighted by molar-refractivity contribution is 6.30. The lowest BCUT2D eigenvalue weighted by Crippen LogP contribution is -2.17. The third kappa shape index (κ3) is 5.53. The molecule has 0 spiro atoms. The zero-order valence-electron chi connectivity index (χ0n) is 17.6. The quantitative estimate of drug-likeness (QED) is 0.436. The Labute approximate surface area is 188 Å². The standard InChI is InChI=1S/C24H21ClF3NO3/c1-14-4-7-19(10-15(14)2)32-13-17-11-16(5-9-22(17)31-3)23(30)29-21-8-6-18(25)12-20(21)24(26,27)28/h4-12H,13H2,1-3H3,(H,29,30). The number of hydrogen-bond donors (Lipinski definition) is 1. The SMILES string of the molecule is COc1ccc(C(=O)Nc2ccc(Cl)cc2C(F)(F)F)cc1COc1ccc(C)c(C)c1. The van der Waals surface area contributed by atoms with E-state index in [0.717, 1.165) is 23.3 Å². The molecule has 1 N–H and O–H groups in total. The number of carbonyl (C=O) groups is 1. The van der Waals surface area contributed by atoms with Crippen molar-refractivity contribution >= 4 is 23.2 Å². The maximum atomic E-state index is 13.3. The minimum atomic E-state index is -4.67. The molecule has 0 aliphatic heterocycles. The Hall–Kier alpha value is -3.19. The predicted octanol–water partition coefficient (Wildman–Crippen LogP) is 6.82. The maximum absolute atomic E-state index is 13.3. The molecule has 8 heteroatoms. The molecule has 3 rings (SSSR count). The Morgan fingerprint density at radius 2 is 1.75 bits per heavy atom. The first kappa shape index (κ1) is 23.5. The van der Waals surface area contributed by atoms with Gasteiger partial charge >= 0.3 is 6.18 Å². The van der Waals surface area contributed by atoms with Crippen LogP contribution in [0.15, 0.2) is 54.6 Å². The van der Waals surface area contributed by atoms with Crippen molar-refractivity contribution in [3.63, 3.8) is 0 Å². The summed E-state index contributed by atoms with van der Waals surface area (Å²) in [5.74, 6) is 0.446. The molecule has 32 heavy (non-hydrogen) atoms. The summed E-state index contributed by atoms with van der Waals surface area (Å²) in [6.45, 7) is 4.08. The highest BCUT2D eigenvalue weighted by Crippen LogP contribution is 2.36. The lowest BCUT2D eigenvalue weighted by Gasteiger charge is -2.15. The van der Waals surface area contributed by atoms with Crippen molar-refractivity contribution < 1.29 is 27.4 Å². The number of anilines is 1. The van der Waals surface area contributed by atoms with Crippen LogP contribution in [0.2, 0.25) is 5.02 Å². The molecule has 0 saturated heterocycles. The maximum Gasteiger partial charge on any atom is 0.418 e. The van der Waals surface area contributed by atoms with Crippen molar-refractivity contribution in [3.05, 3.63) is 87.4 Å². The van der Waals surface area contributed by atoms with Gasteiger partial charge in [-0.1, -0.05) is 17.7 Å². The second-order valence-corrected chi connectivity index (χ2v) is 7.64. The molecule has 0 fully saturated rings. The fourth-order valence-corrected chi connectivity index (χ4v) is 3.22. The highest BCUT2D eigenvalue weighted by atomic mass is 35.5. The van der Waals surface area contributed by atoms with E-state index in [1.165, 1.54) is 25.3 Å². The van der Waals surface area contributed by atoms with Gasteiger partial charge < -0.3 is 14.8 Å². The van der Waals surface area contributed by atoms with Crippen LogP contribution in [0.25, 0.3) is 0 Å². The van der Waals surface area contributed by atoms with E-state index in [2.05, 4.69) is 5.32 Å².